The normalized spacial score (nSPS) is 10.3. The first-order valence-electron chi connectivity index (χ1n) is 5.46. The first kappa shape index (κ1) is 13.8. The molecule has 6 heteroatoms. The van der Waals surface area contributed by atoms with Crippen molar-refractivity contribution in [2.24, 2.45) is 0 Å². The Morgan fingerprint density at radius 2 is 2.11 bits per heavy atom. The molecule has 1 aromatic carbocycles. The molecule has 19 heavy (non-hydrogen) atoms. The van der Waals surface area contributed by atoms with Crippen molar-refractivity contribution in [3.05, 3.63) is 51.9 Å². The van der Waals surface area contributed by atoms with Crippen LogP contribution in [-0.4, -0.2) is 13.0 Å². The van der Waals surface area contributed by atoms with E-state index in [2.05, 4.69) is 5.32 Å². The highest BCUT2D eigenvalue weighted by Crippen LogP contribution is 2.26. The number of ether oxygens (including phenoxy) is 1. The molecule has 0 unspecified atom stereocenters. The molecule has 1 aromatic heterocycles. The average Bonchev–Trinajstić information content (AvgIpc) is 2.83. The van der Waals surface area contributed by atoms with Crippen LogP contribution in [0.1, 0.15) is 16.1 Å². The maximum atomic E-state index is 11.8. The quantitative estimate of drug-likeness (QED) is 0.939. The number of halogens is 2. The van der Waals surface area contributed by atoms with Gasteiger partial charge in [-0.3, -0.25) is 4.79 Å². The van der Waals surface area contributed by atoms with Gasteiger partial charge in [-0.25, -0.2) is 0 Å². The van der Waals surface area contributed by atoms with Gasteiger partial charge in [-0.15, -0.1) is 0 Å². The molecule has 2 aromatic rings. The van der Waals surface area contributed by atoms with Gasteiger partial charge >= 0.3 is 0 Å². The van der Waals surface area contributed by atoms with Crippen LogP contribution in [-0.2, 0) is 6.54 Å². The van der Waals surface area contributed by atoms with E-state index < -0.39 is 0 Å². The van der Waals surface area contributed by atoms with E-state index in [-0.39, 0.29) is 23.4 Å². The lowest BCUT2D eigenvalue weighted by Crippen LogP contribution is -2.22. The van der Waals surface area contributed by atoms with Crippen LogP contribution in [0, 0.1) is 0 Å². The number of benzene rings is 1. The predicted octanol–water partition coefficient (Wildman–Crippen LogP) is 3.53. The summed E-state index contributed by atoms with van der Waals surface area (Å²) in [5.74, 6) is 0.398. The molecule has 1 amide bonds. The Morgan fingerprint density at radius 3 is 2.74 bits per heavy atom. The van der Waals surface area contributed by atoms with E-state index in [4.69, 9.17) is 32.4 Å². The first-order chi connectivity index (χ1) is 9.11. The Hall–Kier alpha value is -1.65. The van der Waals surface area contributed by atoms with E-state index in [0.717, 1.165) is 0 Å². The van der Waals surface area contributed by atoms with E-state index >= 15 is 0 Å². The minimum Gasteiger partial charge on any atom is -0.496 e. The van der Waals surface area contributed by atoms with Crippen molar-refractivity contribution in [1.82, 2.24) is 5.32 Å². The molecule has 1 heterocycles. The zero-order valence-electron chi connectivity index (χ0n) is 10.1. The molecule has 0 saturated carbocycles. The fourth-order valence-electron chi connectivity index (χ4n) is 1.59. The third-order valence-electron chi connectivity index (χ3n) is 2.52. The van der Waals surface area contributed by atoms with Crippen LogP contribution in [0.2, 0.25) is 10.2 Å². The van der Waals surface area contributed by atoms with E-state index in [1.807, 2.05) is 0 Å². The van der Waals surface area contributed by atoms with Gasteiger partial charge in [-0.2, -0.15) is 0 Å². The van der Waals surface area contributed by atoms with Gasteiger partial charge in [0.25, 0.3) is 5.91 Å². The van der Waals surface area contributed by atoms with E-state index in [1.54, 1.807) is 25.3 Å². The predicted molar refractivity (Wildman–Crippen MR) is 72.9 cm³/mol. The number of nitrogens with one attached hydrogen (secondary N) is 1. The van der Waals surface area contributed by atoms with E-state index in [9.17, 15) is 4.79 Å². The summed E-state index contributed by atoms with van der Waals surface area (Å²) in [5.41, 5.74) is 0.706. The molecular formula is C13H11Cl2NO3. The van der Waals surface area contributed by atoms with Gasteiger partial charge in [0.15, 0.2) is 11.0 Å². The van der Waals surface area contributed by atoms with Crippen LogP contribution in [0.3, 0.4) is 0 Å². The van der Waals surface area contributed by atoms with Crippen LogP contribution in [0.5, 0.6) is 5.75 Å². The summed E-state index contributed by atoms with van der Waals surface area (Å²) in [6.07, 6.45) is 0. The van der Waals surface area contributed by atoms with Gasteiger partial charge in [0.2, 0.25) is 0 Å². The zero-order chi connectivity index (χ0) is 13.8. The average molecular weight is 300 g/mol. The number of carbonyl (C=O) groups is 1. The lowest BCUT2D eigenvalue weighted by atomic mass is 10.2. The first-order valence-corrected chi connectivity index (χ1v) is 6.22. The van der Waals surface area contributed by atoms with Crippen molar-refractivity contribution in [1.29, 1.82) is 0 Å². The van der Waals surface area contributed by atoms with Crippen molar-refractivity contribution in [3.8, 4) is 5.75 Å². The van der Waals surface area contributed by atoms with Gasteiger partial charge in [-0.05, 0) is 35.9 Å². The second kappa shape index (κ2) is 5.99. The van der Waals surface area contributed by atoms with Crippen molar-refractivity contribution < 1.29 is 13.9 Å². The second-order valence-corrected chi connectivity index (χ2v) is 4.49. The number of hydrogen-bond acceptors (Lipinski definition) is 3. The maximum absolute atomic E-state index is 11.8. The Morgan fingerprint density at radius 1 is 1.32 bits per heavy atom. The number of hydrogen-bond donors (Lipinski definition) is 1. The lowest BCUT2D eigenvalue weighted by molar-refractivity contribution is 0.0923. The van der Waals surface area contributed by atoms with Gasteiger partial charge in [-0.1, -0.05) is 17.7 Å². The fourth-order valence-corrected chi connectivity index (χ4v) is 1.97. The summed E-state index contributed by atoms with van der Waals surface area (Å²) in [6, 6.07) is 8.29. The van der Waals surface area contributed by atoms with Gasteiger partial charge in [0.05, 0.1) is 7.11 Å². The smallest absolute Gasteiger partial charge is 0.287 e. The van der Waals surface area contributed by atoms with E-state index in [0.29, 0.717) is 16.3 Å². The number of carbonyl (C=O) groups excluding carboxylic acids is 1. The van der Waals surface area contributed by atoms with Crippen LogP contribution in [0.15, 0.2) is 34.7 Å². The summed E-state index contributed by atoms with van der Waals surface area (Å²) in [6.45, 7) is 0.236. The monoisotopic (exact) mass is 299 g/mol. The SMILES string of the molecule is COc1cccc(Cl)c1CNC(=O)c1ccc(Cl)o1. The summed E-state index contributed by atoms with van der Waals surface area (Å²) >= 11 is 11.7. The molecule has 0 aliphatic carbocycles. The van der Waals surface area contributed by atoms with Crippen LogP contribution in [0.4, 0.5) is 0 Å². The van der Waals surface area contributed by atoms with Crippen LogP contribution >= 0.6 is 23.2 Å². The summed E-state index contributed by atoms with van der Waals surface area (Å²) in [4.78, 5) is 11.8. The van der Waals surface area contributed by atoms with Gasteiger partial charge in [0, 0.05) is 17.1 Å². The Balaban J connectivity index is 2.09. The fraction of sp³-hybridized carbons (Fsp3) is 0.154. The lowest BCUT2D eigenvalue weighted by Gasteiger charge is -2.10. The molecule has 0 saturated heterocycles. The summed E-state index contributed by atoms with van der Waals surface area (Å²) in [7, 11) is 1.54. The maximum Gasteiger partial charge on any atom is 0.287 e. The van der Waals surface area contributed by atoms with Crippen molar-refractivity contribution >= 4 is 29.1 Å². The number of furan rings is 1. The van der Waals surface area contributed by atoms with Crippen molar-refractivity contribution in [3.63, 3.8) is 0 Å². The molecule has 0 fully saturated rings. The third-order valence-corrected chi connectivity index (χ3v) is 3.08. The largest absolute Gasteiger partial charge is 0.496 e. The third kappa shape index (κ3) is 3.22. The Bertz CT molecular complexity index is 595. The number of methoxy groups -OCH3 is 1. The molecule has 1 N–H and O–H groups in total. The second-order valence-electron chi connectivity index (χ2n) is 3.71. The minimum absolute atomic E-state index is 0.149. The Labute approximate surface area is 120 Å². The molecule has 2 rings (SSSR count). The number of rotatable bonds is 4. The molecule has 4 nitrogen and oxygen atoms in total. The van der Waals surface area contributed by atoms with Crippen molar-refractivity contribution in [2.45, 2.75) is 6.54 Å². The number of amides is 1. The van der Waals surface area contributed by atoms with Gasteiger partial charge < -0.3 is 14.5 Å². The Kier molecular flexibility index (Phi) is 4.35. The summed E-state index contributed by atoms with van der Waals surface area (Å²) in [5, 5.41) is 3.38. The zero-order valence-corrected chi connectivity index (χ0v) is 11.6. The molecule has 0 aliphatic rings. The molecule has 0 spiro atoms. The van der Waals surface area contributed by atoms with Crippen LogP contribution in [0.25, 0.3) is 0 Å². The molecule has 0 bridgehead atoms. The highest BCUT2D eigenvalue weighted by atomic mass is 35.5. The molecular weight excluding hydrogens is 289 g/mol. The minimum atomic E-state index is -0.367. The molecule has 0 atom stereocenters. The van der Waals surface area contributed by atoms with Crippen LogP contribution < -0.4 is 10.1 Å². The molecule has 100 valence electrons. The topological polar surface area (TPSA) is 51.5 Å². The summed E-state index contributed by atoms with van der Waals surface area (Å²) < 4.78 is 10.2. The van der Waals surface area contributed by atoms with Crippen molar-refractivity contribution in [2.75, 3.05) is 7.11 Å². The highest BCUT2D eigenvalue weighted by molar-refractivity contribution is 6.31. The standard InChI is InChI=1S/C13H11Cl2NO3/c1-18-10-4-2-3-9(14)8(10)7-16-13(17)11-5-6-12(15)19-11/h2-6H,7H2,1H3,(H,16,17). The molecule has 0 radical (unpaired) electrons. The van der Waals surface area contributed by atoms with E-state index in [1.165, 1.54) is 12.1 Å². The van der Waals surface area contributed by atoms with Gasteiger partial charge in [0.1, 0.15) is 5.75 Å². The molecule has 0 aliphatic heterocycles. The highest BCUT2D eigenvalue weighted by Gasteiger charge is 2.13.